The number of rotatable bonds is 5. The third-order valence-electron chi connectivity index (χ3n) is 5.73. The summed E-state index contributed by atoms with van der Waals surface area (Å²) in [6.07, 6.45) is 3.48. The third-order valence-corrected chi connectivity index (χ3v) is 5.73. The van der Waals surface area contributed by atoms with Gasteiger partial charge in [0.05, 0.1) is 19.2 Å². The van der Waals surface area contributed by atoms with E-state index < -0.39 is 0 Å². The molecule has 0 radical (unpaired) electrons. The number of fused-ring (bicyclic) bond motifs is 1. The van der Waals surface area contributed by atoms with Crippen LogP contribution in [-0.4, -0.2) is 76.8 Å². The van der Waals surface area contributed by atoms with Crippen molar-refractivity contribution < 1.29 is 19.4 Å². The Kier molecular flexibility index (Phi) is 7.62. The minimum absolute atomic E-state index is 0.0247. The van der Waals surface area contributed by atoms with Crippen molar-refractivity contribution in [3.8, 4) is 17.7 Å². The molecular formula is C24H34N4O4. The van der Waals surface area contributed by atoms with E-state index >= 15 is 0 Å². The number of aromatic nitrogens is 1. The van der Waals surface area contributed by atoms with E-state index in [-0.39, 0.29) is 48.5 Å². The van der Waals surface area contributed by atoms with Gasteiger partial charge < -0.3 is 25.0 Å². The summed E-state index contributed by atoms with van der Waals surface area (Å²) in [6, 6.07) is 1.20. The standard InChI is InChI=1S/C24H34N4O4/c1-15(2)26-24(31)27(5)13-21-16(3)12-28(17(4)14-29)23(30)20-10-19(9-8-18-6-7-18)11-25-22(20)32-21/h10-11,15-18,21,29H,6-7,12-14H2,1-5H3,(H,26,31)/t16-,17+,21+/m1/s1. The van der Waals surface area contributed by atoms with Crippen molar-refractivity contribution >= 4 is 11.9 Å². The molecule has 1 aromatic heterocycles. The van der Waals surface area contributed by atoms with E-state index in [0.717, 1.165) is 12.8 Å². The minimum Gasteiger partial charge on any atom is -0.472 e. The molecule has 1 aliphatic heterocycles. The van der Waals surface area contributed by atoms with Gasteiger partial charge in [-0.1, -0.05) is 18.8 Å². The molecule has 0 aromatic carbocycles. The number of carbonyl (C=O) groups is 2. The van der Waals surface area contributed by atoms with Crippen LogP contribution in [0, 0.1) is 23.7 Å². The van der Waals surface area contributed by atoms with Gasteiger partial charge in [-0.25, -0.2) is 9.78 Å². The molecule has 0 spiro atoms. The Morgan fingerprint density at radius 3 is 2.75 bits per heavy atom. The number of urea groups is 1. The average molecular weight is 443 g/mol. The first-order valence-corrected chi connectivity index (χ1v) is 11.3. The lowest BCUT2D eigenvalue weighted by molar-refractivity contribution is 0.0351. The van der Waals surface area contributed by atoms with Crippen LogP contribution >= 0.6 is 0 Å². The molecule has 0 saturated heterocycles. The zero-order valence-electron chi connectivity index (χ0n) is 19.6. The molecule has 3 atom stereocenters. The number of hydrogen-bond acceptors (Lipinski definition) is 5. The molecule has 2 N–H and O–H groups in total. The van der Waals surface area contributed by atoms with Crippen LogP contribution in [0.15, 0.2) is 12.3 Å². The van der Waals surface area contributed by atoms with Gasteiger partial charge in [0.2, 0.25) is 5.88 Å². The van der Waals surface area contributed by atoms with Crippen molar-refractivity contribution in [2.24, 2.45) is 11.8 Å². The number of ether oxygens (including phenoxy) is 1. The Labute approximate surface area is 190 Å². The van der Waals surface area contributed by atoms with Gasteiger partial charge in [0.1, 0.15) is 11.7 Å². The molecule has 2 aliphatic rings. The monoisotopic (exact) mass is 442 g/mol. The van der Waals surface area contributed by atoms with Gasteiger partial charge in [0.25, 0.3) is 5.91 Å². The van der Waals surface area contributed by atoms with Gasteiger partial charge in [-0.3, -0.25) is 4.79 Å². The van der Waals surface area contributed by atoms with E-state index in [1.54, 1.807) is 29.1 Å². The minimum atomic E-state index is -0.381. The molecule has 0 unspecified atom stereocenters. The molecule has 3 amide bonds. The van der Waals surface area contributed by atoms with Crippen LogP contribution in [0.25, 0.3) is 0 Å². The van der Waals surface area contributed by atoms with Gasteiger partial charge in [-0.15, -0.1) is 0 Å². The molecule has 3 rings (SSSR count). The highest BCUT2D eigenvalue weighted by Gasteiger charge is 2.34. The first-order valence-electron chi connectivity index (χ1n) is 11.3. The van der Waals surface area contributed by atoms with E-state index in [0.29, 0.717) is 30.1 Å². The maximum atomic E-state index is 13.4. The normalized spacial score (nSPS) is 21.5. The second-order valence-corrected chi connectivity index (χ2v) is 9.23. The van der Waals surface area contributed by atoms with Gasteiger partial charge >= 0.3 is 6.03 Å². The van der Waals surface area contributed by atoms with Gasteiger partial charge in [-0.2, -0.15) is 0 Å². The van der Waals surface area contributed by atoms with E-state index in [2.05, 4.69) is 22.1 Å². The molecular weight excluding hydrogens is 408 g/mol. The number of likely N-dealkylation sites (N-methyl/N-ethyl adjacent to an activating group) is 1. The molecule has 1 fully saturated rings. The lowest BCUT2D eigenvalue weighted by Crippen LogP contribution is -2.51. The number of aliphatic hydroxyl groups excluding tert-OH is 1. The zero-order chi connectivity index (χ0) is 23.4. The fourth-order valence-corrected chi connectivity index (χ4v) is 3.51. The van der Waals surface area contributed by atoms with E-state index in [4.69, 9.17) is 4.74 Å². The van der Waals surface area contributed by atoms with Crippen LogP contribution in [0.3, 0.4) is 0 Å². The largest absolute Gasteiger partial charge is 0.472 e. The van der Waals surface area contributed by atoms with Crippen LogP contribution in [0.5, 0.6) is 5.88 Å². The molecule has 1 aromatic rings. The first kappa shape index (κ1) is 23.9. The average Bonchev–Trinajstić information content (AvgIpc) is 3.58. The summed E-state index contributed by atoms with van der Waals surface area (Å²) in [5.41, 5.74) is 1.00. The number of carbonyl (C=O) groups excluding carboxylic acids is 2. The Hall–Kier alpha value is -2.79. The highest BCUT2D eigenvalue weighted by Crippen LogP contribution is 2.29. The van der Waals surface area contributed by atoms with Crippen molar-refractivity contribution in [2.45, 2.75) is 58.7 Å². The molecule has 1 saturated carbocycles. The summed E-state index contributed by atoms with van der Waals surface area (Å²) in [7, 11) is 1.72. The van der Waals surface area contributed by atoms with E-state index in [1.807, 2.05) is 27.7 Å². The number of amides is 3. The maximum absolute atomic E-state index is 13.4. The number of pyridine rings is 1. The van der Waals surface area contributed by atoms with Crippen molar-refractivity contribution in [1.82, 2.24) is 20.1 Å². The summed E-state index contributed by atoms with van der Waals surface area (Å²) in [5, 5.41) is 12.6. The summed E-state index contributed by atoms with van der Waals surface area (Å²) < 4.78 is 6.21. The topological polar surface area (TPSA) is 95.0 Å². The fourth-order valence-electron chi connectivity index (χ4n) is 3.51. The smallest absolute Gasteiger partial charge is 0.317 e. The van der Waals surface area contributed by atoms with Crippen LogP contribution in [0.1, 0.15) is 56.5 Å². The van der Waals surface area contributed by atoms with Crippen molar-refractivity contribution in [1.29, 1.82) is 0 Å². The summed E-state index contributed by atoms with van der Waals surface area (Å²) >= 11 is 0. The predicted molar refractivity (Wildman–Crippen MR) is 121 cm³/mol. The summed E-state index contributed by atoms with van der Waals surface area (Å²) in [5.74, 6) is 6.64. The van der Waals surface area contributed by atoms with Gasteiger partial charge in [-0.05, 0) is 39.7 Å². The lowest BCUT2D eigenvalue weighted by Gasteiger charge is -2.37. The van der Waals surface area contributed by atoms with Gasteiger partial charge in [0.15, 0.2) is 0 Å². The van der Waals surface area contributed by atoms with Crippen molar-refractivity contribution in [3.05, 3.63) is 23.4 Å². The molecule has 0 bridgehead atoms. The molecule has 8 heteroatoms. The Morgan fingerprint density at radius 2 is 2.12 bits per heavy atom. The van der Waals surface area contributed by atoms with Crippen LogP contribution in [0.2, 0.25) is 0 Å². The van der Waals surface area contributed by atoms with Crippen molar-refractivity contribution in [2.75, 3.05) is 26.7 Å². The Morgan fingerprint density at radius 1 is 1.41 bits per heavy atom. The van der Waals surface area contributed by atoms with Crippen LogP contribution in [-0.2, 0) is 0 Å². The molecule has 174 valence electrons. The molecule has 8 nitrogen and oxygen atoms in total. The van der Waals surface area contributed by atoms with E-state index in [9.17, 15) is 14.7 Å². The quantitative estimate of drug-likeness (QED) is 0.681. The first-order chi connectivity index (χ1) is 15.2. The molecule has 1 aliphatic carbocycles. The lowest BCUT2D eigenvalue weighted by atomic mass is 10.00. The number of nitrogens with zero attached hydrogens (tertiary/aromatic N) is 3. The SMILES string of the molecule is CC(C)NC(=O)N(C)C[C@@H]1Oc2ncc(C#CC3CC3)cc2C(=O)N([C@@H](C)CO)C[C@H]1C. The van der Waals surface area contributed by atoms with E-state index in [1.165, 1.54) is 0 Å². The third kappa shape index (κ3) is 5.92. The Bertz CT molecular complexity index is 903. The fraction of sp³-hybridized carbons (Fsp3) is 0.625. The number of hydrogen-bond donors (Lipinski definition) is 2. The van der Waals surface area contributed by atoms with Crippen LogP contribution < -0.4 is 10.1 Å². The van der Waals surface area contributed by atoms with Crippen molar-refractivity contribution in [3.63, 3.8) is 0 Å². The highest BCUT2D eigenvalue weighted by molar-refractivity contribution is 5.97. The Balaban J connectivity index is 1.91. The highest BCUT2D eigenvalue weighted by atomic mass is 16.5. The second-order valence-electron chi connectivity index (χ2n) is 9.23. The molecule has 32 heavy (non-hydrogen) atoms. The summed E-state index contributed by atoms with van der Waals surface area (Å²) in [6.45, 7) is 8.18. The second kappa shape index (κ2) is 10.2. The summed E-state index contributed by atoms with van der Waals surface area (Å²) in [4.78, 5) is 33.4. The van der Waals surface area contributed by atoms with Gasteiger partial charge in [0, 0.05) is 43.2 Å². The zero-order valence-corrected chi connectivity index (χ0v) is 19.6. The van der Waals surface area contributed by atoms with Crippen LogP contribution in [0.4, 0.5) is 4.79 Å². The number of aliphatic hydroxyl groups is 1. The predicted octanol–water partition coefficient (Wildman–Crippen LogP) is 2.11. The maximum Gasteiger partial charge on any atom is 0.317 e. The number of nitrogens with one attached hydrogen (secondary N) is 1. The molecule has 2 heterocycles.